The second-order valence-electron chi connectivity index (χ2n) is 1.05. The van der Waals surface area contributed by atoms with Crippen LogP contribution in [0.1, 0.15) is 0 Å². The monoisotopic (exact) mass is 150 g/mol. The van der Waals surface area contributed by atoms with Crippen LogP contribution in [-0.4, -0.2) is 17.6 Å². The van der Waals surface area contributed by atoms with Crippen LogP contribution in [0.25, 0.3) is 0 Å². The summed E-state index contributed by atoms with van der Waals surface area (Å²) in [7, 11) is 0. The molecule has 0 saturated carbocycles. The maximum atomic E-state index is 9.55. The van der Waals surface area contributed by atoms with E-state index in [1.165, 1.54) is 0 Å². The molecule has 0 aromatic carbocycles. The Morgan fingerprint density at radius 2 is 1.67 bits per heavy atom. The summed E-state index contributed by atoms with van der Waals surface area (Å²) in [6.45, 7) is 0.0309. The van der Waals surface area contributed by atoms with Gasteiger partial charge < -0.3 is 17.2 Å². The second kappa shape index (κ2) is 7.25. The molecule has 0 aliphatic heterocycles. The third-order valence-corrected chi connectivity index (χ3v) is 0.357. The minimum Gasteiger partial charge on any atom is -0.370 e. The molecule has 7 N–H and O–H groups in total. The van der Waals surface area contributed by atoms with E-state index in [1.54, 1.807) is 0 Å². The predicted octanol–water partition coefficient (Wildman–Crippen LogP) is -1.76. The molecule has 0 bridgehead atoms. The van der Waals surface area contributed by atoms with Gasteiger partial charge >= 0.3 is 0 Å². The Bertz CT molecular complexity index is 100.0. The third kappa shape index (κ3) is 128. The molecule has 6 heteroatoms. The summed E-state index contributed by atoms with van der Waals surface area (Å²) in [5, 5.41) is 5.78. The van der Waals surface area contributed by atoms with Gasteiger partial charge in [-0.3, -0.25) is 10.2 Å². The van der Waals surface area contributed by atoms with Gasteiger partial charge in [-0.2, -0.15) is 0 Å². The first-order valence-corrected chi connectivity index (χ1v) is 2.46. The smallest absolute Gasteiger partial charge is 0.199 e. The lowest BCUT2D eigenvalue weighted by atomic mass is 10.8. The molecule has 0 radical (unpaired) electrons. The fourth-order valence-corrected chi connectivity index (χ4v) is 0. The lowest BCUT2D eigenvalue weighted by molar-refractivity contribution is -0.109. The molecule has 0 rings (SSSR count). The number of hydrogen-bond donors (Lipinski definition) is 5. The van der Waals surface area contributed by atoms with Crippen molar-refractivity contribution >= 4 is 23.7 Å². The van der Waals surface area contributed by atoms with Crippen LogP contribution in [0.4, 0.5) is 0 Å². The molecule has 5 nitrogen and oxygen atoms in total. The SMILES string of the molecule is N=C(N)N.NCC(=O)S. The Labute approximate surface area is 58.5 Å². The summed E-state index contributed by atoms with van der Waals surface area (Å²) in [5.74, 6) is -0.333. The first kappa shape index (κ1) is 11.1. The number of guanidine groups is 1. The van der Waals surface area contributed by atoms with E-state index in [2.05, 4.69) is 24.1 Å². The number of thiol groups is 1. The van der Waals surface area contributed by atoms with Crippen LogP contribution in [0.5, 0.6) is 0 Å². The standard InChI is InChI=1S/C2H5NOS.CH5N3/c3-1-2(4)5;2-1(3)4/h1,3H2,(H,4,5);(H5,2,3,4). The molecule has 9 heavy (non-hydrogen) atoms. The van der Waals surface area contributed by atoms with Gasteiger partial charge in [0.1, 0.15) is 0 Å². The number of nitrogens with two attached hydrogens (primary N) is 3. The highest BCUT2D eigenvalue weighted by molar-refractivity contribution is 7.96. The topological polar surface area (TPSA) is 119 Å². The van der Waals surface area contributed by atoms with Crippen molar-refractivity contribution in [3.05, 3.63) is 0 Å². The van der Waals surface area contributed by atoms with Crippen LogP contribution in [0.3, 0.4) is 0 Å². The van der Waals surface area contributed by atoms with Crippen LogP contribution in [0.2, 0.25) is 0 Å². The van der Waals surface area contributed by atoms with Crippen LogP contribution >= 0.6 is 12.6 Å². The summed E-state index contributed by atoms with van der Waals surface area (Å²) in [4.78, 5) is 9.55. The molecule has 0 aliphatic carbocycles. The number of hydrogen-bond acceptors (Lipinski definition) is 3. The summed E-state index contributed by atoms with van der Waals surface area (Å²) in [6, 6.07) is 0. The summed E-state index contributed by atoms with van der Waals surface area (Å²) < 4.78 is 0. The Hall–Kier alpha value is -0.750. The summed E-state index contributed by atoms with van der Waals surface area (Å²) in [6.07, 6.45) is 0. The molecule has 0 aromatic rings. The maximum absolute atomic E-state index is 9.55. The molecule has 0 spiro atoms. The number of carbonyl (C=O) groups excluding carboxylic acids is 1. The minimum atomic E-state index is -0.333. The molecule has 0 unspecified atom stereocenters. The lowest BCUT2D eigenvalue weighted by Gasteiger charge is -1.71. The fourth-order valence-electron chi connectivity index (χ4n) is 0. The summed E-state index contributed by atoms with van der Waals surface area (Å²) >= 11 is 3.33. The van der Waals surface area contributed by atoms with Crippen molar-refractivity contribution in [3.8, 4) is 0 Å². The molecular weight excluding hydrogens is 140 g/mol. The molecule has 0 aliphatic rings. The Kier molecular flexibility index (Phi) is 8.94. The summed E-state index contributed by atoms with van der Waals surface area (Å²) in [5.41, 5.74) is 13.7. The average Bonchev–Trinajstić information content (AvgIpc) is 1.65. The van der Waals surface area contributed by atoms with Crippen molar-refractivity contribution in [2.24, 2.45) is 17.2 Å². The van der Waals surface area contributed by atoms with E-state index in [9.17, 15) is 4.79 Å². The van der Waals surface area contributed by atoms with Gasteiger partial charge in [0.05, 0.1) is 6.54 Å². The molecule has 0 aromatic heterocycles. The Morgan fingerprint density at radius 1 is 1.56 bits per heavy atom. The first-order valence-electron chi connectivity index (χ1n) is 2.02. The van der Waals surface area contributed by atoms with Gasteiger partial charge in [0.15, 0.2) is 11.1 Å². The third-order valence-electron chi connectivity index (χ3n) is 0.175. The molecular formula is C3H10N4OS. The fraction of sp³-hybridized carbons (Fsp3) is 0.333. The van der Waals surface area contributed by atoms with Crippen LogP contribution < -0.4 is 17.2 Å². The maximum Gasteiger partial charge on any atom is 0.199 e. The van der Waals surface area contributed by atoms with Crippen molar-refractivity contribution in [1.29, 1.82) is 5.41 Å². The zero-order valence-corrected chi connectivity index (χ0v) is 5.69. The Morgan fingerprint density at radius 3 is 1.67 bits per heavy atom. The molecule has 0 saturated heterocycles. The highest BCUT2D eigenvalue weighted by atomic mass is 32.1. The van der Waals surface area contributed by atoms with E-state index in [1.807, 2.05) is 0 Å². The predicted molar refractivity (Wildman–Crippen MR) is 39.1 cm³/mol. The van der Waals surface area contributed by atoms with Crippen molar-refractivity contribution in [3.63, 3.8) is 0 Å². The van der Waals surface area contributed by atoms with Gasteiger partial charge in [-0.05, 0) is 0 Å². The van der Waals surface area contributed by atoms with E-state index in [-0.39, 0.29) is 17.6 Å². The van der Waals surface area contributed by atoms with Crippen molar-refractivity contribution in [2.45, 2.75) is 0 Å². The van der Waals surface area contributed by atoms with Gasteiger partial charge in [-0.15, -0.1) is 12.6 Å². The quantitative estimate of drug-likeness (QED) is 0.173. The molecule has 54 valence electrons. The number of rotatable bonds is 1. The second-order valence-corrected chi connectivity index (χ2v) is 1.55. The van der Waals surface area contributed by atoms with E-state index < -0.39 is 0 Å². The van der Waals surface area contributed by atoms with Crippen molar-refractivity contribution in [1.82, 2.24) is 0 Å². The lowest BCUT2D eigenvalue weighted by Crippen LogP contribution is -2.20. The van der Waals surface area contributed by atoms with Crippen molar-refractivity contribution in [2.75, 3.05) is 6.54 Å². The normalized spacial score (nSPS) is 6.89. The highest BCUT2D eigenvalue weighted by Gasteiger charge is 1.78. The van der Waals surface area contributed by atoms with E-state index >= 15 is 0 Å². The van der Waals surface area contributed by atoms with Gasteiger partial charge in [-0.1, -0.05) is 0 Å². The number of carbonyl (C=O) groups is 1. The average molecular weight is 150 g/mol. The zero-order valence-electron chi connectivity index (χ0n) is 4.79. The van der Waals surface area contributed by atoms with Gasteiger partial charge in [-0.25, -0.2) is 0 Å². The van der Waals surface area contributed by atoms with Crippen LogP contribution in [0, 0.1) is 5.41 Å². The molecule has 0 heterocycles. The minimum absolute atomic E-state index is 0.0309. The van der Waals surface area contributed by atoms with Gasteiger partial charge in [0.25, 0.3) is 0 Å². The molecule has 0 amide bonds. The first-order chi connectivity index (χ1) is 4.00. The highest BCUT2D eigenvalue weighted by Crippen LogP contribution is 1.66. The molecule has 0 atom stereocenters. The van der Waals surface area contributed by atoms with E-state index in [0.29, 0.717) is 0 Å². The Balaban J connectivity index is 0. The molecule has 0 fully saturated rings. The van der Waals surface area contributed by atoms with Gasteiger partial charge in [0.2, 0.25) is 0 Å². The van der Waals surface area contributed by atoms with Crippen molar-refractivity contribution < 1.29 is 4.79 Å². The largest absolute Gasteiger partial charge is 0.370 e. The van der Waals surface area contributed by atoms with E-state index in [0.717, 1.165) is 0 Å². The van der Waals surface area contributed by atoms with E-state index in [4.69, 9.17) is 11.1 Å². The van der Waals surface area contributed by atoms with Crippen LogP contribution in [-0.2, 0) is 4.79 Å². The van der Waals surface area contributed by atoms with Gasteiger partial charge in [0, 0.05) is 0 Å². The zero-order chi connectivity index (χ0) is 7.86. The van der Waals surface area contributed by atoms with Crippen LogP contribution in [0.15, 0.2) is 0 Å². The number of nitrogens with one attached hydrogen (secondary N) is 1.